The predicted octanol–water partition coefficient (Wildman–Crippen LogP) is 5.46. The minimum absolute atomic E-state index is 0. The average molecular weight is 666 g/mol. The van der Waals surface area contributed by atoms with Gasteiger partial charge in [-0.2, -0.15) is 0 Å². The van der Waals surface area contributed by atoms with Gasteiger partial charge in [0.05, 0.1) is 0 Å². The summed E-state index contributed by atoms with van der Waals surface area (Å²) in [6.45, 7) is 2.37. The van der Waals surface area contributed by atoms with E-state index in [0.717, 1.165) is 12.8 Å². The van der Waals surface area contributed by atoms with Gasteiger partial charge in [0.2, 0.25) is 0 Å². The molecule has 34 heavy (non-hydrogen) atoms. The second-order valence-corrected chi connectivity index (χ2v) is 39.6. The predicted molar refractivity (Wildman–Crippen MR) is 151 cm³/mol. The van der Waals surface area contributed by atoms with Crippen LogP contribution in [0.1, 0.15) is 17.5 Å². The van der Waals surface area contributed by atoms with Gasteiger partial charge in [-0.3, -0.25) is 0 Å². The van der Waals surface area contributed by atoms with Crippen LogP contribution in [0.25, 0.3) is 11.1 Å². The van der Waals surface area contributed by atoms with Crippen molar-refractivity contribution in [2.24, 2.45) is 0 Å². The summed E-state index contributed by atoms with van der Waals surface area (Å²) in [4.78, 5) is 0. The molecule has 0 N–H and O–H groups in total. The molecule has 0 atom stereocenters. The second kappa shape index (κ2) is 9.58. The van der Waals surface area contributed by atoms with Gasteiger partial charge >= 0.3 is 194 Å². The van der Waals surface area contributed by atoms with Crippen molar-refractivity contribution in [2.45, 2.75) is 12.8 Å². The van der Waals surface area contributed by atoms with Gasteiger partial charge in [0.15, 0.2) is 0 Å². The summed E-state index contributed by atoms with van der Waals surface area (Å²) >= 11 is -4.31. The molecule has 0 nitrogen and oxygen atoms in total. The molecule has 0 saturated carbocycles. The monoisotopic (exact) mass is 666 g/mol. The molecule has 0 fully saturated rings. The molecule has 6 rings (SSSR count). The fourth-order valence-corrected chi connectivity index (χ4v) is 37.5. The van der Waals surface area contributed by atoms with Crippen LogP contribution in [0.4, 0.5) is 0 Å². The standard InChI is InChI=1S/C13H9.2C6H5.C5H5.2ClH.Hf.H2Si/c1-3-7-12-10(5-1)9-11-6-2-4-8-13(11)12;2*1-2-4-6-5-3-1;1-2-4-5-3-1;;;;/h1-5,7-8H,9H2;2*1-5H;1-3H,4H2;2*1H;;1H2. The molecule has 0 spiro atoms. The molecule has 4 aromatic carbocycles. The molecule has 2 aliphatic rings. The number of halogens is 2. The van der Waals surface area contributed by atoms with Crippen molar-refractivity contribution in [2.75, 3.05) is 0 Å². The molecular formula is C30H28Cl2HfSi. The number of allylic oxidation sites excluding steroid dienone is 4. The number of benzene rings is 4. The summed E-state index contributed by atoms with van der Waals surface area (Å²) in [5, 5.41) is 0. The van der Waals surface area contributed by atoms with Crippen molar-refractivity contribution in [3.8, 4) is 11.1 Å². The first kappa shape index (κ1) is 25.1. The number of hydrogen-bond acceptors (Lipinski definition) is 0. The van der Waals surface area contributed by atoms with E-state index in [4.69, 9.17) is 0 Å². The first-order valence-corrected chi connectivity index (χ1v) is 26.9. The Hall–Kier alpha value is -1.97. The Bertz CT molecular complexity index is 1430. The van der Waals surface area contributed by atoms with E-state index in [1.807, 2.05) is 0 Å². The van der Waals surface area contributed by atoms with Crippen LogP contribution in [0, 0.1) is 0 Å². The minimum atomic E-state index is -4.31. The molecule has 4 aromatic rings. The zero-order valence-electron chi connectivity index (χ0n) is 19.0. The number of rotatable bonds is 4. The maximum atomic E-state index is 2.48. The van der Waals surface area contributed by atoms with E-state index in [0.29, 0.717) is 0 Å². The van der Waals surface area contributed by atoms with Gasteiger partial charge in [0, 0.05) is 0 Å². The van der Waals surface area contributed by atoms with Crippen molar-refractivity contribution in [3.63, 3.8) is 0 Å². The number of hydrogen-bond donors (Lipinski definition) is 0. The van der Waals surface area contributed by atoms with E-state index < -0.39 is 17.1 Å². The summed E-state index contributed by atoms with van der Waals surface area (Å²) < 4.78 is 6.38. The summed E-state index contributed by atoms with van der Waals surface area (Å²) in [5.41, 5.74) is 5.87. The molecule has 170 valence electrons. The van der Waals surface area contributed by atoms with Crippen LogP contribution in [-0.2, 0) is 23.5 Å². The van der Waals surface area contributed by atoms with Crippen LogP contribution in [0.15, 0.2) is 125 Å². The van der Waals surface area contributed by atoms with E-state index in [1.54, 1.807) is 18.9 Å². The van der Waals surface area contributed by atoms with Crippen molar-refractivity contribution in [1.82, 2.24) is 0 Å². The molecule has 0 heterocycles. The van der Waals surface area contributed by atoms with Gasteiger partial charge in [0.25, 0.3) is 0 Å². The van der Waals surface area contributed by atoms with Gasteiger partial charge in [-0.05, 0) is 0 Å². The molecule has 0 bridgehead atoms. The van der Waals surface area contributed by atoms with Gasteiger partial charge in [-0.25, -0.2) is 0 Å². The Morgan fingerprint density at radius 3 is 1.82 bits per heavy atom. The van der Waals surface area contributed by atoms with Gasteiger partial charge in [0.1, 0.15) is 0 Å². The SMILES string of the molecule is Cl.Cl.[SiH2]=[Hf]([C]1=CC=CC1)([c]1ccccc1)([c]1ccccc1)[c]1cccc2c1Cc1ccccc1-2. The van der Waals surface area contributed by atoms with E-state index >= 15 is 0 Å². The second-order valence-electron chi connectivity index (χ2n) is 9.18. The molecule has 2 aliphatic carbocycles. The van der Waals surface area contributed by atoms with E-state index in [-0.39, 0.29) is 24.8 Å². The zero-order valence-corrected chi connectivity index (χ0v) is 25.6. The Morgan fingerprint density at radius 1 is 0.618 bits per heavy atom. The van der Waals surface area contributed by atoms with E-state index in [2.05, 4.69) is 128 Å². The summed E-state index contributed by atoms with van der Waals surface area (Å²) in [6.07, 6.45) is 9.17. The zero-order chi connectivity index (χ0) is 21.6. The average Bonchev–Trinajstić information content (AvgIpc) is 3.54. The third-order valence-electron chi connectivity index (χ3n) is 7.75. The van der Waals surface area contributed by atoms with E-state index in [1.165, 1.54) is 16.7 Å². The fraction of sp³-hybridized carbons (Fsp3) is 0.0667. The summed E-state index contributed by atoms with van der Waals surface area (Å²) in [7, 11) is 0. The molecule has 0 amide bonds. The van der Waals surface area contributed by atoms with Crippen LogP contribution < -0.4 is 9.96 Å². The Balaban J connectivity index is 0.00000137. The third-order valence-corrected chi connectivity index (χ3v) is 45.2. The molecule has 0 unspecified atom stereocenters. The number of fused-ring (bicyclic) bond motifs is 3. The summed E-state index contributed by atoms with van der Waals surface area (Å²) in [5.74, 6) is 0. The van der Waals surface area contributed by atoms with Gasteiger partial charge in [-0.1, -0.05) is 0 Å². The van der Waals surface area contributed by atoms with Crippen LogP contribution in [0.3, 0.4) is 0 Å². The summed E-state index contributed by atoms with van der Waals surface area (Å²) in [6, 6.07) is 39.0. The molecule has 0 radical (unpaired) electrons. The quantitative estimate of drug-likeness (QED) is 0.224. The van der Waals surface area contributed by atoms with Crippen molar-refractivity contribution in [3.05, 3.63) is 136 Å². The first-order chi connectivity index (χ1) is 15.7. The topological polar surface area (TPSA) is 0 Å². The Kier molecular flexibility index (Phi) is 7.08. The molecule has 4 heteroatoms. The molecular weight excluding hydrogens is 638 g/mol. The van der Waals surface area contributed by atoms with Crippen molar-refractivity contribution in [1.29, 1.82) is 0 Å². The molecule has 0 aliphatic heterocycles. The first-order valence-electron chi connectivity index (χ1n) is 11.4. The van der Waals surface area contributed by atoms with Crippen molar-refractivity contribution < 1.29 is 17.1 Å². The normalized spacial score (nSPS) is 13.9. The Morgan fingerprint density at radius 2 is 1.21 bits per heavy atom. The molecule has 0 aromatic heterocycles. The maximum absolute atomic E-state index is 4.31. The van der Waals surface area contributed by atoms with Crippen molar-refractivity contribution >= 4 is 41.7 Å². The van der Waals surface area contributed by atoms with Gasteiger partial charge in [-0.15, -0.1) is 24.8 Å². The Labute approximate surface area is 217 Å². The third kappa shape index (κ3) is 3.42. The van der Waals surface area contributed by atoms with Crippen LogP contribution in [0.5, 0.6) is 0 Å². The van der Waals surface area contributed by atoms with Crippen LogP contribution in [-0.4, -0.2) is 6.94 Å². The fourth-order valence-electron chi connectivity index (χ4n) is 6.16. The molecule has 0 saturated heterocycles. The van der Waals surface area contributed by atoms with Crippen LogP contribution >= 0.6 is 24.8 Å². The van der Waals surface area contributed by atoms with Crippen LogP contribution in [0.2, 0.25) is 0 Å². The van der Waals surface area contributed by atoms with E-state index in [9.17, 15) is 0 Å². The van der Waals surface area contributed by atoms with Gasteiger partial charge < -0.3 is 0 Å².